The van der Waals surface area contributed by atoms with Gasteiger partial charge in [0.15, 0.2) is 11.4 Å². The molecule has 7 rings (SSSR count). The molecule has 41 heavy (non-hydrogen) atoms. The molecule has 0 spiro atoms. The van der Waals surface area contributed by atoms with Crippen LogP contribution in [0.2, 0.25) is 0 Å². The van der Waals surface area contributed by atoms with Crippen LogP contribution in [0.25, 0.3) is 22.6 Å². The highest BCUT2D eigenvalue weighted by molar-refractivity contribution is 5.94. The number of nitrogens with one attached hydrogen (secondary N) is 1. The van der Waals surface area contributed by atoms with Gasteiger partial charge in [0.2, 0.25) is 11.8 Å². The number of carbonyl (C=O) groups is 2. The van der Waals surface area contributed by atoms with Crippen molar-refractivity contribution < 1.29 is 14.0 Å². The molecule has 2 aliphatic rings. The molecule has 3 atom stereocenters. The van der Waals surface area contributed by atoms with Crippen LogP contribution < -0.4 is 5.32 Å². The summed E-state index contributed by atoms with van der Waals surface area (Å²) in [6.07, 6.45) is 2.47. The van der Waals surface area contributed by atoms with Crippen LogP contribution in [-0.4, -0.2) is 77.0 Å². The van der Waals surface area contributed by atoms with Crippen LogP contribution in [0.3, 0.4) is 0 Å². The van der Waals surface area contributed by atoms with Crippen molar-refractivity contribution in [3.05, 3.63) is 83.9 Å². The number of carbonyl (C=O) groups excluding carboxylic acids is 2. The number of tetrazole rings is 1. The second-order valence-electron chi connectivity index (χ2n) is 10.5. The summed E-state index contributed by atoms with van der Waals surface area (Å²) in [5, 5.41) is 15.7. The SMILES string of the molecule is CC(=O)Nc1ccc2oc(-c3ccnc(C(=O)N4C[C@H]5C[C@@H]4CN5[C@H](c4ccccc4)c4nnn(C)n4)c3)nc2c1. The third kappa shape index (κ3) is 4.61. The number of hydrogen-bond donors (Lipinski definition) is 1. The average Bonchev–Trinajstić information content (AvgIpc) is 3.77. The molecule has 3 aromatic heterocycles. The van der Waals surface area contributed by atoms with E-state index in [1.807, 2.05) is 23.1 Å². The fraction of sp³-hybridized carbons (Fsp3) is 0.276. The molecular weight excluding hydrogens is 522 g/mol. The molecule has 0 unspecified atom stereocenters. The molecule has 2 amide bonds. The Morgan fingerprint density at radius 3 is 2.63 bits per heavy atom. The smallest absolute Gasteiger partial charge is 0.272 e. The molecule has 1 N–H and O–H groups in total. The molecule has 12 nitrogen and oxygen atoms in total. The molecule has 2 bridgehead atoms. The normalized spacial score (nSPS) is 19.1. The fourth-order valence-electron chi connectivity index (χ4n) is 5.95. The van der Waals surface area contributed by atoms with Gasteiger partial charge in [-0.2, -0.15) is 4.80 Å². The summed E-state index contributed by atoms with van der Waals surface area (Å²) >= 11 is 0. The van der Waals surface area contributed by atoms with Gasteiger partial charge in [-0.05, 0) is 47.5 Å². The number of nitrogens with zero attached hydrogens (tertiary/aromatic N) is 8. The van der Waals surface area contributed by atoms with Gasteiger partial charge in [0.05, 0.1) is 13.1 Å². The maximum absolute atomic E-state index is 13.7. The van der Waals surface area contributed by atoms with Crippen LogP contribution in [0.15, 0.2) is 71.3 Å². The van der Waals surface area contributed by atoms with Gasteiger partial charge in [-0.15, -0.1) is 10.2 Å². The van der Waals surface area contributed by atoms with E-state index in [9.17, 15) is 9.59 Å². The topological polar surface area (TPSA) is 135 Å². The van der Waals surface area contributed by atoms with E-state index in [1.165, 1.54) is 11.7 Å². The highest BCUT2D eigenvalue weighted by atomic mass is 16.3. The van der Waals surface area contributed by atoms with Gasteiger partial charge in [0.25, 0.3) is 5.91 Å². The van der Waals surface area contributed by atoms with E-state index in [0.29, 0.717) is 52.8 Å². The van der Waals surface area contributed by atoms with E-state index in [2.05, 4.69) is 47.7 Å². The number of amides is 2. The van der Waals surface area contributed by atoms with E-state index >= 15 is 0 Å². The van der Waals surface area contributed by atoms with Crippen LogP contribution in [0.5, 0.6) is 0 Å². The number of oxazole rings is 1. The zero-order chi connectivity index (χ0) is 28.1. The Morgan fingerprint density at radius 2 is 1.90 bits per heavy atom. The molecule has 0 saturated carbocycles. The number of benzene rings is 2. The lowest BCUT2D eigenvalue weighted by Crippen LogP contribution is -2.50. The van der Waals surface area contributed by atoms with Gasteiger partial charge >= 0.3 is 0 Å². The van der Waals surface area contributed by atoms with Gasteiger partial charge in [-0.3, -0.25) is 19.5 Å². The predicted molar refractivity (Wildman–Crippen MR) is 149 cm³/mol. The molecule has 2 aromatic carbocycles. The number of rotatable bonds is 6. The van der Waals surface area contributed by atoms with E-state index in [-0.39, 0.29) is 29.9 Å². The Bertz CT molecular complexity index is 1770. The fourth-order valence-corrected chi connectivity index (χ4v) is 5.95. The number of piperazine rings is 1. The summed E-state index contributed by atoms with van der Waals surface area (Å²) < 4.78 is 5.95. The summed E-state index contributed by atoms with van der Waals surface area (Å²) in [6, 6.07) is 19.0. The van der Waals surface area contributed by atoms with E-state index in [4.69, 9.17) is 4.42 Å². The number of aryl methyl sites for hydroxylation is 1. The summed E-state index contributed by atoms with van der Waals surface area (Å²) in [7, 11) is 1.76. The Balaban J connectivity index is 1.11. The summed E-state index contributed by atoms with van der Waals surface area (Å²) in [5.41, 5.74) is 3.93. The third-order valence-corrected chi connectivity index (χ3v) is 7.69. The monoisotopic (exact) mass is 549 g/mol. The predicted octanol–water partition coefficient (Wildman–Crippen LogP) is 3.06. The average molecular weight is 550 g/mol. The molecule has 2 saturated heterocycles. The number of fused-ring (bicyclic) bond motifs is 3. The highest BCUT2D eigenvalue weighted by Gasteiger charge is 2.49. The summed E-state index contributed by atoms with van der Waals surface area (Å²) in [6.45, 7) is 2.75. The van der Waals surface area contributed by atoms with E-state index in [0.717, 1.165) is 12.0 Å². The van der Waals surface area contributed by atoms with Crippen molar-refractivity contribution in [2.75, 3.05) is 18.4 Å². The summed E-state index contributed by atoms with van der Waals surface area (Å²) in [5.74, 6) is 0.760. The zero-order valence-electron chi connectivity index (χ0n) is 22.5. The van der Waals surface area contributed by atoms with Crippen LogP contribution in [0, 0.1) is 0 Å². The van der Waals surface area contributed by atoms with Crippen molar-refractivity contribution in [1.82, 2.24) is 40.0 Å². The van der Waals surface area contributed by atoms with E-state index < -0.39 is 0 Å². The Morgan fingerprint density at radius 1 is 1.05 bits per heavy atom. The standard InChI is InChI=1S/C29H27N9O3/c1-17(39)31-20-8-9-25-23(13-20)32-28(41-25)19-10-11-30-24(12-19)29(40)38-16-21-14-22(38)15-37(21)26(18-6-4-3-5-7-18)27-33-35-36(2)34-27/h3-13,21-22,26H,14-16H2,1-2H3,(H,31,39)/t21-,22-,26-/m1/s1. The number of aromatic nitrogens is 6. The van der Waals surface area contributed by atoms with Gasteiger partial charge in [0.1, 0.15) is 11.2 Å². The lowest BCUT2D eigenvalue weighted by molar-refractivity contribution is -0.114. The molecule has 0 aliphatic carbocycles. The first-order valence-corrected chi connectivity index (χ1v) is 13.4. The quantitative estimate of drug-likeness (QED) is 0.339. The zero-order valence-corrected chi connectivity index (χ0v) is 22.5. The van der Waals surface area contributed by atoms with Crippen molar-refractivity contribution in [3.63, 3.8) is 0 Å². The first kappa shape index (κ1) is 25.0. The minimum absolute atomic E-state index is 0.0531. The Hall–Kier alpha value is -4.97. The van der Waals surface area contributed by atoms with Gasteiger partial charge < -0.3 is 14.6 Å². The molecule has 12 heteroatoms. The second-order valence-corrected chi connectivity index (χ2v) is 10.5. The van der Waals surface area contributed by atoms with Gasteiger partial charge in [0, 0.05) is 49.5 Å². The van der Waals surface area contributed by atoms with Crippen molar-refractivity contribution in [2.24, 2.45) is 7.05 Å². The number of likely N-dealkylation sites (tertiary alicyclic amines) is 2. The highest BCUT2D eigenvalue weighted by Crippen LogP contribution is 2.39. The first-order valence-electron chi connectivity index (χ1n) is 13.4. The minimum Gasteiger partial charge on any atom is -0.436 e. The molecular formula is C29H27N9O3. The largest absolute Gasteiger partial charge is 0.436 e. The lowest BCUT2D eigenvalue weighted by Gasteiger charge is -2.37. The van der Waals surface area contributed by atoms with Crippen LogP contribution in [0.1, 0.15) is 41.3 Å². The van der Waals surface area contributed by atoms with Crippen LogP contribution in [-0.2, 0) is 11.8 Å². The molecule has 0 radical (unpaired) electrons. The molecule has 2 fully saturated rings. The maximum atomic E-state index is 13.7. The molecule has 5 heterocycles. The Kier molecular flexibility index (Phi) is 6.04. The van der Waals surface area contributed by atoms with Crippen molar-refractivity contribution >= 4 is 28.6 Å². The maximum Gasteiger partial charge on any atom is 0.272 e. The first-order chi connectivity index (χ1) is 19.9. The lowest BCUT2D eigenvalue weighted by atomic mass is 10.0. The van der Waals surface area contributed by atoms with Crippen LogP contribution in [0.4, 0.5) is 5.69 Å². The van der Waals surface area contributed by atoms with E-state index in [1.54, 1.807) is 43.6 Å². The van der Waals surface area contributed by atoms with Crippen molar-refractivity contribution in [1.29, 1.82) is 0 Å². The number of hydrogen-bond acceptors (Lipinski definition) is 9. The molecule has 206 valence electrons. The number of anilines is 1. The molecule has 5 aromatic rings. The minimum atomic E-state index is -0.162. The Labute approximate surface area is 235 Å². The van der Waals surface area contributed by atoms with Crippen LogP contribution >= 0.6 is 0 Å². The van der Waals surface area contributed by atoms with Crippen molar-refractivity contribution in [2.45, 2.75) is 31.5 Å². The molecule has 2 aliphatic heterocycles. The second kappa shape index (κ2) is 9.89. The van der Waals surface area contributed by atoms with Gasteiger partial charge in [-0.1, -0.05) is 30.3 Å². The van der Waals surface area contributed by atoms with Gasteiger partial charge in [-0.25, -0.2) is 4.98 Å². The third-order valence-electron chi connectivity index (χ3n) is 7.69. The van der Waals surface area contributed by atoms with Crippen molar-refractivity contribution in [3.8, 4) is 11.5 Å². The number of pyridine rings is 1. The summed E-state index contributed by atoms with van der Waals surface area (Å²) in [4.78, 5) is 39.8.